The highest BCUT2D eigenvalue weighted by Crippen LogP contribution is 2.38. The maximum Gasteiger partial charge on any atom is 0.257 e. The number of carbonyl (C=O) groups is 2. The number of nitrogens with one attached hydrogen (secondary N) is 2. The predicted molar refractivity (Wildman–Crippen MR) is 109 cm³/mol. The van der Waals surface area contributed by atoms with Gasteiger partial charge in [-0.05, 0) is 44.2 Å². The van der Waals surface area contributed by atoms with Crippen LogP contribution in [0.3, 0.4) is 0 Å². The van der Waals surface area contributed by atoms with Crippen molar-refractivity contribution in [2.75, 3.05) is 25.0 Å². The van der Waals surface area contributed by atoms with Gasteiger partial charge in [-0.2, -0.15) is 0 Å². The Morgan fingerprint density at radius 3 is 2.61 bits per heavy atom. The van der Waals surface area contributed by atoms with Crippen molar-refractivity contribution in [2.45, 2.75) is 19.4 Å². The van der Waals surface area contributed by atoms with E-state index < -0.39 is 0 Å². The minimum atomic E-state index is -0.226. The molecule has 1 atom stereocenters. The summed E-state index contributed by atoms with van der Waals surface area (Å²) in [5.41, 5.74) is 9.57. The Labute approximate surface area is 164 Å². The van der Waals surface area contributed by atoms with Gasteiger partial charge in [-0.3, -0.25) is 14.6 Å². The molecular weight excluding hydrogens is 354 g/mol. The van der Waals surface area contributed by atoms with E-state index in [0.717, 1.165) is 11.3 Å². The molecule has 0 bridgehead atoms. The van der Waals surface area contributed by atoms with Crippen LogP contribution in [-0.4, -0.2) is 36.9 Å². The van der Waals surface area contributed by atoms with E-state index in [9.17, 15) is 9.59 Å². The lowest BCUT2D eigenvalue weighted by Gasteiger charge is -2.36. The van der Waals surface area contributed by atoms with Crippen LogP contribution < -0.4 is 21.3 Å². The van der Waals surface area contributed by atoms with Crippen LogP contribution >= 0.6 is 0 Å². The van der Waals surface area contributed by atoms with E-state index in [1.165, 1.54) is 0 Å². The summed E-state index contributed by atoms with van der Waals surface area (Å²) in [5, 5.41) is 6.07. The summed E-state index contributed by atoms with van der Waals surface area (Å²) < 4.78 is 0. The molecule has 1 aliphatic rings. The second-order valence-corrected chi connectivity index (χ2v) is 6.68. The SMILES string of the molecule is CNC1/C(=C(/C)N)C(=O)N(CCCNC(=O)c2ccncc2)c2ccccc21. The standard InChI is InChI=1S/C21H25N5O2/c1-14(22)18-19(23-2)16-6-3-4-7-17(16)26(21(18)28)13-5-10-25-20(27)15-8-11-24-12-9-15/h3-4,6-9,11-12,19,23H,5,10,13,22H2,1-2H3,(H,25,27)/b18-14+. The molecule has 0 saturated carbocycles. The molecule has 7 nitrogen and oxygen atoms in total. The number of rotatable bonds is 6. The largest absolute Gasteiger partial charge is 0.402 e. The maximum absolute atomic E-state index is 13.1. The molecule has 2 amide bonds. The first-order valence-corrected chi connectivity index (χ1v) is 9.27. The Balaban J connectivity index is 1.71. The highest BCUT2D eigenvalue weighted by molar-refractivity contribution is 6.10. The van der Waals surface area contributed by atoms with Crippen molar-refractivity contribution in [1.29, 1.82) is 0 Å². The maximum atomic E-state index is 13.1. The van der Waals surface area contributed by atoms with E-state index in [1.807, 2.05) is 31.3 Å². The number of anilines is 1. The molecule has 2 aromatic rings. The van der Waals surface area contributed by atoms with E-state index in [4.69, 9.17) is 5.73 Å². The Kier molecular flexibility index (Phi) is 6.06. The lowest BCUT2D eigenvalue weighted by atomic mass is 9.90. The Hall–Kier alpha value is -3.19. The molecule has 1 aromatic heterocycles. The average Bonchev–Trinajstić information content (AvgIpc) is 2.71. The summed E-state index contributed by atoms with van der Waals surface area (Å²) in [6.45, 7) is 2.70. The van der Waals surface area contributed by atoms with Gasteiger partial charge < -0.3 is 21.3 Å². The first-order valence-electron chi connectivity index (χ1n) is 9.27. The summed E-state index contributed by atoms with van der Waals surface area (Å²) in [5.74, 6) is -0.250. The molecule has 1 aliphatic heterocycles. The number of carbonyl (C=O) groups excluding carboxylic acids is 2. The van der Waals surface area contributed by atoms with Gasteiger partial charge in [-0.25, -0.2) is 0 Å². The van der Waals surface area contributed by atoms with Gasteiger partial charge >= 0.3 is 0 Å². The Bertz CT molecular complexity index is 891. The average molecular weight is 379 g/mol. The fourth-order valence-corrected chi connectivity index (χ4v) is 3.47. The molecule has 3 rings (SSSR count). The second kappa shape index (κ2) is 8.67. The number of aromatic nitrogens is 1. The molecule has 1 unspecified atom stereocenters. The second-order valence-electron chi connectivity index (χ2n) is 6.68. The van der Waals surface area contributed by atoms with Crippen LogP contribution in [-0.2, 0) is 4.79 Å². The lowest BCUT2D eigenvalue weighted by Crippen LogP contribution is -2.43. The van der Waals surface area contributed by atoms with E-state index in [0.29, 0.717) is 36.3 Å². The van der Waals surface area contributed by atoms with Crippen molar-refractivity contribution < 1.29 is 9.59 Å². The van der Waals surface area contributed by atoms with Crippen molar-refractivity contribution in [2.24, 2.45) is 5.73 Å². The van der Waals surface area contributed by atoms with E-state index in [-0.39, 0.29) is 17.9 Å². The fourth-order valence-electron chi connectivity index (χ4n) is 3.47. The van der Waals surface area contributed by atoms with Crippen molar-refractivity contribution in [3.63, 3.8) is 0 Å². The molecule has 1 aromatic carbocycles. The lowest BCUT2D eigenvalue weighted by molar-refractivity contribution is -0.115. The number of hydrogen-bond acceptors (Lipinski definition) is 5. The van der Waals surface area contributed by atoms with Crippen molar-refractivity contribution in [1.82, 2.24) is 15.6 Å². The molecule has 0 fully saturated rings. The highest BCUT2D eigenvalue weighted by Gasteiger charge is 2.35. The molecule has 0 aliphatic carbocycles. The number of pyridine rings is 1. The van der Waals surface area contributed by atoms with E-state index in [1.54, 1.807) is 36.4 Å². The number of benzene rings is 1. The quantitative estimate of drug-likeness (QED) is 0.524. The minimum absolute atomic E-state index is 0.0986. The van der Waals surface area contributed by atoms with Gasteiger partial charge in [0.05, 0.1) is 11.6 Å². The van der Waals surface area contributed by atoms with Crippen LogP contribution in [0.5, 0.6) is 0 Å². The van der Waals surface area contributed by atoms with Crippen molar-refractivity contribution in [3.05, 3.63) is 71.2 Å². The van der Waals surface area contributed by atoms with Crippen LogP contribution in [0.25, 0.3) is 0 Å². The minimum Gasteiger partial charge on any atom is -0.402 e. The first kappa shape index (κ1) is 19.6. The smallest absolute Gasteiger partial charge is 0.257 e. The normalized spacial score (nSPS) is 17.9. The molecule has 0 spiro atoms. The number of likely N-dealkylation sites (N-methyl/N-ethyl adjacent to an activating group) is 1. The summed E-state index contributed by atoms with van der Waals surface area (Å²) in [6, 6.07) is 10.9. The van der Waals surface area contributed by atoms with E-state index >= 15 is 0 Å². The molecule has 146 valence electrons. The van der Waals surface area contributed by atoms with Gasteiger partial charge in [0.25, 0.3) is 11.8 Å². The zero-order valence-corrected chi connectivity index (χ0v) is 16.1. The zero-order chi connectivity index (χ0) is 20.1. The number of hydrogen-bond donors (Lipinski definition) is 3. The third kappa shape index (κ3) is 3.89. The molecule has 2 heterocycles. The molecule has 0 saturated heterocycles. The van der Waals surface area contributed by atoms with Crippen molar-refractivity contribution >= 4 is 17.5 Å². The molecule has 4 N–H and O–H groups in total. The Morgan fingerprint density at radius 2 is 1.93 bits per heavy atom. The van der Waals surface area contributed by atoms with Gasteiger partial charge in [0.1, 0.15) is 0 Å². The van der Waals surface area contributed by atoms with Crippen LogP contribution in [0.2, 0.25) is 0 Å². The van der Waals surface area contributed by atoms with Gasteiger partial charge in [-0.15, -0.1) is 0 Å². The zero-order valence-electron chi connectivity index (χ0n) is 16.1. The van der Waals surface area contributed by atoms with E-state index in [2.05, 4.69) is 15.6 Å². The molecule has 7 heteroatoms. The number of fused-ring (bicyclic) bond motifs is 1. The van der Waals surface area contributed by atoms with Crippen molar-refractivity contribution in [3.8, 4) is 0 Å². The topological polar surface area (TPSA) is 100 Å². The monoisotopic (exact) mass is 379 g/mol. The van der Waals surface area contributed by atoms with Crippen LogP contribution in [0, 0.1) is 0 Å². The summed E-state index contributed by atoms with van der Waals surface area (Å²) in [6.07, 6.45) is 3.79. The van der Waals surface area contributed by atoms with Gasteiger partial charge in [0, 0.05) is 42.4 Å². The van der Waals surface area contributed by atoms with Gasteiger partial charge in [-0.1, -0.05) is 18.2 Å². The highest BCUT2D eigenvalue weighted by atomic mass is 16.2. The summed E-state index contributed by atoms with van der Waals surface area (Å²) in [7, 11) is 1.82. The van der Waals surface area contributed by atoms with Crippen LogP contribution in [0.1, 0.15) is 35.3 Å². The van der Waals surface area contributed by atoms with Gasteiger partial charge in [0.2, 0.25) is 0 Å². The first-order chi connectivity index (χ1) is 13.5. The number of amides is 2. The third-order valence-corrected chi connectivity index (χ3v) is 4.80. The third-order valence-electron chi connectivity index (χ3n) is 4.80. The van der Waals surface area contributed by atoms with Gasteiger partial charge in [0.15, 0.2) is 0 Å². The molecule has 28 heavy (non-hydrogen) atoms. The van der Waals surface area contributed by atoms with Crippen LogP contribution in [0.4, 0.5) is 5.69 Å². The summed E-state index contributed by atoms with van der Waals surface area (Å²) in [4.78, 5) is 30.9. The number of nitrogens with two attached hydrogens (primary N) is 1. The number of para-hydroxylation sites is 1. The number of nitrogens with zero attached hydrogens (tertiary/aromatic N) is 2. The Morgan fingerprint density at radius 1 is 1.21 bits per heavy atom. The summed E-state index contributed by atoms with van der Waals surface area (Å²) >= 11 is 0. The fraction of sp³-hybridized carbons (Fsp3) is 0.286. The predicted octanol–water partition coefficient (Wildman–Crippen LogP) is 1.74. The van der Waals surface area contributed by atoms with Crippen LogP contribution in [0.15, 0.2) is 60.1 Å². The molecular formula is C21H25N5O2. The number of allylic oxidation sites excluding steroid dienone is 1. The molecule has 0 radical (unpaired) electrons.